The van der Waals surface area contributed by atoms with Gasteiger partial charge in [-0.25, -0.2) is 0 Å². The summed E-state index contributed by atoms with van der Waals surface area (Å²) in [6.07, 6.45) is 0. The molecule has 0 saturated heterocycles. The Balaban J connectivity index is 1.62. The van der Waals surface area contributed by atoms with Crippen LogP contribution in [0.3, 0.4) is 0 Å². The summed E-state index contributed by atoms with van der Waals surface area (Å²) in [4.78, 5) is 23.5. The second kappa shape index (κ2) is 9.73. The molecule has 0 fully saturated rings. The Bertz CT molecular complexity index is 1090. The number of carbonyl (C=O) groups excluding carboxylic acids is 2. The molecule has 0 heterocycles. The quantitative estimate of drug-likeness (QED) is 0.514. The monoisotopic (exact) mass is 417 g/mol. The van der Waals surface area contributed by atoms with Crippen molar-refractivity contribution >= 4 is 34.7 Å². The Kier molecular flexibility index (Phi) is 6.84. The lowest BCUT2D eigenvalue weighted by Crippen LogP contribution is -2.21. The average molecular weight is 418 g/mol. The van der Waals surface area contributed by atoms with Gasteiger partial charge in [0.2, 0.25) is 5.91 Å². The van der Waals surface area contributed by atoms with Crippen LogP contribution in [0.4, 0.5) is 11.4 Å². The zero-order valence-electron chi connectivity index (χ0n) is 16.4. The number of Topliss-reactive ketones (excluding diaryl/α,β-unsaturated/α-hetero) is 1. The predicted octanol–water partition coefficient (Wildman–Crippen LogP) is 5.25. The summed E-state index contributed by atoms with van der Waals surface area (Å²) in [5.41, 5.74) is 3.46. The van der Waals surface area contributed by atoms with Gasteiger partial charge in [-0.15, -0.1) is 0 Å². The molecule has 2 N–H and O–H groups in total. The second-order valence-corrected chi connectivity index (χ2v) is 7.15. The van der Waals surface area contributed by atoms with Gasteiger partial charge < -0.3 is 10.6 Å². The van der Waals surface area contributed by atoms with Crippen LogP contribution in [0.25, 0.3) is 0 Å². The van der Waals surface area contributed by atoms with Crippen LogP contribution in [0.15, 0.2) is 72.8 Å². The highest BCUT2D eigenvalue weighted by Crippen LogP contribution is 2.31. The van der Waals surface area contributed by atoms with Gasteiger partial charge in [-0.3, -0.25) is 9.59 Å². The highest BCUT2D eigenvalue weighted by molar-refractivity contribution is 6.31. The minimum Gasteiger partial charge on any atom is -0.376 e. The van der Waals surface area contributed by atoms with E-state index in [0.717, 1.165) is 5.56 Å². The van der Waals surface area contributed by atoms with Crippen molar-refractivity contribution in [2.45, 2.75) is 12.8 Å². The summed E-state index contributed by atoms with van der Waals surface area (Å²) in [6.45, 7) is 1.54. The maximum atomic E-state index is 12.2. The van der Waals surface area contributed by atoms with Gasteiger partial charge in [0.05, 0.1) is 18.5 Å². The highest BCUT2D eigenvalue weighted by Gasteiger charge is 2.16. The lowest BCUT2D eigenvalue weighted by Gasteiger charge is -2.14. The van der Waals surface area contributed by atoms with E-state index in [1.54, 1.807) is 42.5 Å². The first-order valence-electron chi connectivity index (χ1n) is 9.36. The molecule has 1 amide bonds. The van der Waals surface area contributed by atoms with Crippen LogP contribution < -0.4 is 10.6 Å². The number of ketones is 1. The van der Waals surface area contributed by atoms with Crippen LogP contribution in [0.5, 0.6) is 0 Å². The van der Waals surface area contributed by atoms with E-state index >= 15 is 0 Å². The number of halogens is 1. The normalized spacial score (nSPS) is 11.2. The van der Waals surface area contributed by atoms with Crippen molar-refractivity contribution in [2.24, 2.45) is 0 Å². The first-order valence-corrected chi connectivity index (χ1v) is 9.74. The topological polar surface area (TPSA) is 82.0 Å². The molecule has 0 unspecified atom stereocenters. The minimum atomic E-state index is -0.464. The van der Waals surface area contributed by atoms with Gasteiger partial charge >= 0.3 is 0 Å². The summed E-state index contributed by atoms with van der Waals surface area (Å²) >= 11 is 6.42. The molecule has 3 aromatic rings. The van der Waals surface area contributed by atoms with E-state index in [1.165, 1.54) is 6.92 Å². The van der Waals surface area contributed by atoms with E-state index in [-0.39, 0.29) is 18.2 Å². The van der Waals surface area contributed by atoms with Crippen LogP contribution >= 0.6 is 11.6 Å². The number of nitrogens with one attached hydrogen (secondary N) is 2. The number of rotatable bonds is 7. The third-order valence-corrected chi connectivity index (χ3v) is 4.93. The second-order valence-electron chi connectivity index (χ2n) is 6.74. The summed E-state index contributed by atoms with van der Waals surface area (Å²) in [5, 5.41) is 15.8. The van der Waals surface area contributed by atoms with Crippen LogP contribution in [0, 0.1) is 11.3 Å². The molecule has 0 saturated carbocycles. The van der Waals surface area contributed by atoms with E-state index in [0.29, 0.717) is 27.5 Å². The molecular weight excluding hydrogens is 398 g/mol. The molecule has 0 aliphatic heterocycles. The summed E-state index contributed by atoms with van der Waals surface area (Å²) in [5.74, 6) is -0.722. The SMILES string of the molecule is CC(=O)c1ccc(NC(=O)CNc2ccc([C@H](C#N)c3ccccc3)c(Cl)c2)cc1. The van der Waals surface area contributed by atoms with Crippen molar-refractivity contribution < 1.29 is 9.59 Å². The fraction of sp³-hybridized carbons (Fsp3) is 0.125. The molecule has 0 aromatic heterocycles. The van der Waals surface area contributed by atoms with Gasteiger partial charge in [0.25, 0.3) is 0 Å². The fourth-order valence-corrected chi connectivity index (χ4v) is 3.31. The Hall–Kier alpha value is -3.62. The Labute approximate surface area is 180 Å². The van der Waals surface area contributed by atoms with Crippen molar-refractivity contribution in [3.05, 3.63) is 94.5 Å². The van der Waals surface area contributed by atoms with E-state index in [9.17, 15) is 14.9 Å². The lowest BCUT2D eigenvalue weighted by molar-refractivity contribution is -0.114. The van der Waals surface area contributed by atoms with Crippen LogP contribution in [-0.4, -0.2) is 18.2 Å². The number of nitrogens with zero attached hydrogens (tertiary/aromatic N) is 1. The molecule has 1 atom stereocenters. The standard InChI is InChI=1S/C24H20ClN3O2/c1-16(29)17-7-9-19(10-8-17)28-24(30)15-27-20-11-12-21(23(25)13-20)22(14-26)18-5-3-2-4-6-18/h2-13,22,27H,15H2,1H3,(H,28,30)/t22-/m1/s1. The van der Waals surface area contributed by atoms with Gasteiger partial charge in [-0.05, 0) is 54.4 Å². The molecular formula is C24H20ClN3O2. The zero-order valence-corrected chi connectivity index (χ0v) is 17.1. The molecule has 5 nitrogen and oxygen atoms in total. The molecule has 30 heavy (non-hydrogen) atoms. The number of hydrogen-bond acceptors (Lipinski definition) is 4. The van der Waals surface area contributed by atoms with Crippen molar-refractivity contribution in [1.29, 1.82) is 5.26 Å². The number of amides is 1. The third kappa shape index (κ3) is 5.25. The average Bonchev–Trinajstić information content (AvgIpc) is 2.75. The number of anilines is 2. The zero-order chi connectivity index (χ0) is 21.5. The fourth-order valence-electron chi connectivity index (χ4n) is 3.02. The lowest BCUT2D eigenvalue weighted by atomic mass is 9.92. The molecule has 0 aliphatic carbocycles. The van der Waals surface area contributed by atoms with Gasteiger partial charge in [0, 0.05) is 22.0 Å². The van der Waals surface area contributed by atoms with Crippen LogP contribution in [-0.2, 0) is 4.79 Å². The molecule has 0 aliphatic rings. The highest BCUT2D eigenvalue weighted by atomic mass is 35.5. The Morgan fingerprint density at radius 3 is 2.27 bits per heavy atom. The van der Waals surface area contributed by atoms with Gasteiger partial charge in [0.15, 0.2) is 5.78 Å². The van der Waals surface area contributed by atoms with Gasteiger partial charge in [-0.2, -0.15) is 5.26 Å². The van der Waals surface area contributed by atoms with Crippen LogP contribution in [0.2, 0.25) is 5.02 Å². The summed E-state index contributed by atoms with van der Waals surface area (Å²) in [7, 11) is 0. The van der Waals surface area contributed by atoms with E-state index < -0.39 is 5.92 Å². The molecule has 0 bridgehead atoms. The largest absolute Gasteiger partial charge is 0.376 e. The van der Waals surface area contributed by atoms with Crippen molar-refractivity contribution in [1.82, 2.24) is 0 Å². The van der Waals surface area contributed by atoms with E-state index in [4.69, 9.17) is 11.6 Å². The first kappa shape index (κ1) is 21.1. The van der Waals surface area contributed by atoms with Gasteiger partial charge in [0.1, 0.15) is 0 Å². The summed E-state index contributed by atoms with van der Waals surface area (Å²) in [6, 6.07) is 23.8. The molecule has 3 aromatic carbocycles. The maximum absolute atomic E-state index is 12.2. The van der Waals surface area contributed by atoms with Crippen LogP contribution in [0.1, 0.15) is 34.3 Å². The first-order chi connectivity index (χ1) is 14.5. The number of nitriles is 1. The smallest absolute Gasteiger partial charge is 0.243 e. The van der Waals surface area contributed by atoms with Gasteiger partial charge in [-0.1, -0.05) is 48.0 Å². The van der Waals surface area contributed by atoms with Crippen molar-refractivity contribution in [3.8, 4) is 6.07 Å². The molecule has 150 valence electrons. The van der Waals surface area contributed by atoms with E-state index in [1.807, 2.05) is 30.3 Å². The number of hydrogen-bond donors (Lipinski definition) is 2. The van der Waals surface area contributed by atoms with E-state index in [2.05, 4.69) is 16.7 Å². The summed E-state index contributed by atoms with van der Waals surface area (Å²) < 4.78 is 0. The number of benzene rings is 3. The maximum Gasteiger partial charge on any atom is 0.243 e. The van der Waals surface area contributed by atoms with Crippen molar-refractivity contribution in [2.75, 3.05) is 17.2 Å². The third-order valence-electron chi connectivity index (χ3n) is 4.60. The Morgan fingerprint density at radius 2 is 1.67 bits per heavy atom. The molecule has 6 heteroatoms. The predicted molar refractivity (Wildman–Crippen MR) is 119 cm³/mol. The van der Waals surface area contributed by atoms with Crippen molar-refractivity contribution in [3.63, 3.8) is 0 Å². The number of carbonyl (C=O) groups is 2. The molecule has 0 spiro atoms. The Morgan fingerprint density at radius 1 is 1.00 bits per heavy atom. The minimum absolute atomic E-state index is 0.0271. The molecule has 3 rings (SSSR count). The molecule has 0 radical (unpaired) electrons.